The summed E-state index contributed by atoms with van der Waals surface area (Å²) in [5, 5.41) is 4.92. The number of hydrogen-bond donors (Lipinski definition) is 2. The van der Waals surface area contributed by atoms with Crippen LogP contribution >= 0.6 is 0 Å². The van der Waals surface area contributed by atoms with Gasteiger partial charge in [-0.05, 0) is 24.3 Å². The van der Waals surface area contributed by atoms with Gasteiger partial charge in [-0.3, -0.25) is 14.9 Å². The lowest BCUT2D eigenvalue weighted by Crippen LogP contribution is -2.45. The number of esters is 1. The van der Waals surface area contributed by atoms with Crippen LogP contribution in [0, 0.1) is 0 Å². The molecule has 2 rings (SSSR count). The number of urea groups is 1. The van der Waals surface area contributed by atoms with Crippen molar-refractivity contribution in [2.45, 2.75) is 51.0 Å². The summed E-state index contributed by atoms with van der Waals surface area (Å²) in [7, 11) is 0. The first kappa shape index (κ1) is 18.0. The van der Waals surface area contributed by atoms with Gasteiger partial charge in [0.05, 0.1) is 6.42 Å². The van der Waals surface area contributed by atoms with E-state index in [1.165, 1.54) is 0 Å². The highest BCUT2D eigenvalue weighted by atomic mass is 16.5. The Morgan fingerprint density at radius 1 is 1.17 bits per heavy atom. The van der Waals surface area contributed by atoms with Crippen molar-refractivity contribution in [3.63, 3.8) is 0 Å². The minimum Gasteiger partial charge on any atom is -0.456 e. The third kappa shape index (κ3) is 6.02. The van der Waals surface area contributed by atoms with Crippen LogP contribution in [0.25, 0.3) is 0 Å². The van der Waals surface area contributed by atoms with Gasteiger partial charge in [0.1, 0.15) is 0 Å². The Bertz CT molecular complexity index is 568. The van der Waals surface area contributed by atoms with E-state index in [2.05, 4.69) is 10.6 Å². The lowest BCUT2D eigenvalue weighted by Gasteiger charge is -2.13. The smallest absolute Gasteiger partial charge is 0.321 e. The fourth-order valence-electron chi connectivity index (χ4n) is 2.81. The molecule has 3 amide bonds. The SMILES string of the molecule is C[C@@H](CC(=O)OCC(=O)NC(=O)NC1CCCC1)c1ccccc1. The quantitative estimate of drug-likeness (QED) is 0.784. The van der Waals surface area contributed by atoms with Gasteiger partial charge >= 0.3 is 12.0 Å². The average Bonchev–Trinajstić information content (AvgIpc) is 3.06. The van der Waals surface area contributed by atoms with Crippen LogP contribution in [0.1, 0.15) is 50.5 Å². The van der Waals surface area contributed by atoms with Gasteiger partial charge in [-0.2, -0.15) is 0 Å². The molecule has 0 unspecified atom stereocenters. The van der Waals surface area contributed by atoms with E-state index in [9.17, 15) is 14.4 Å². The zero-order chi connectivity index (χ0) is 17.4. The number of nitrogens with one attached hydrogen (secondary N) is 2. The van der Waals surface area contributed by atoms with E-state index in [4.69, 9.17) is 4.74 Å². The first-order valence-corrected chi connectivity index (χ1v) is 8.35. The van der Waals surface area contributed by atoms with Crippen molar-refractivity contribution < 1.29 is 19.1 Å². The molecule has 1 fully saturated rings. The largest absolute Gasteiger partial charge is 0.456 e. The number of benzene rings is 1. The van der Waals surface area contributed by atoms with E-state index in [-0.39, 0.29) is 18.4 Å². The maximum atomic E-state index is 11.8. The molecule has 2 N–H and O–H groups in total. The molecule has 1 aromatic rings. The zero-order valence-electron chi connectivity index (χ0n) is 13.9. The third-order valence-corrected chi connectivity index (χ3v) is 4.15. The molecule has 0 spiro atoms. The lowest BCUT2D eigenvalue weighted by molar-refractivity contribution is -0.148. The van der Waals surface area contributed by atoms with Crippen molar-refractivity contribution in [2.75, 3.05) is 6.61 Å². The molecule has 24 heavy (non-hydrogen) atoms. The molecule has 6 heteroatoms. The van der Waals surface area contributed by atoms with E-state index >= 15 is 0 Å². The number of ether oxygens (including phenoxy) is 1. The van der Waals surface area contributed by atoms with E-state index in [1.807, 2.05) is 37.3 Å². The summed E-state index contributed by atoms with van der Waals surface area (Å²) >= 11 is 0. The molecule has 0 saturated heterocycles. The fourth-order valence-corrected chi connectivity index (χ4v) is 2.81. The maximum absolute atomic E-state index is 11.8. The Morgan fingerprint density at radius 3 is 2.50 bits per heavy atom. The molecule has 1 atom stereocenters. The van der Waals surface area contributed by atoms with Crippen molar-refractivity contribution in [1.82, 2.24) is 10.6 Å². The molecular formula is C18H24N2O4. The predicted molar refractivity (Wildman–Crippen MR) is 89.4 cm³/mol. The predicted octanol–water partition coefficient (Wildman–Crippen LogP) is 2.49. The van der Waals surface area contributed by atoms with Gasteiger partial charge in [-0.1, -0.05) is 50.1 Å². The molecule has 1 aromatic carbocycles. The number of carbonyl (C=O) groups excluding carboxylic acids is 3. The standard InChI is InChI=1S/C18H24N2O4/c1-13(14-7-3-2-4-8-14)11-17(22)24-12-16(21)20-18(23)19-15-9-5-6-10-15/h2-4,7-8,13,15H,5-6,9-12H2,1H3,(H2,19,20,21,23)/t13-/m0/s1. The number of imide groups is 1. The Labute approximate surface area is 142 Å². The monoisotopic (exact) mass is 332 g/mol. The molecular weight excluding hydrogens is 308 g/mol. The normalized spacial score (nSPS) is 15.5. The van der Waals surface area contributed by atoms with Crippen LogP contribution in [0.2, 0.25) is 0 Å². The molecule has 0 bridgehead atoms. The zero-order valence-corrected chi connectivity index (χ0v) is 13.9. The van der Waals surface area contributed by atoms with Crippen molar-refractivity contribution in [3.8, 4) is 0 Å². The summed E-state index contributed by atoms with van der Waals surface area (Å²) in [6.45, 7) is 1.48. The maximum Gasteiger partial charge on any atom is 0.321 e. The summed E-state index contributed by atoms with van der Waals surface area (Å²) < 4.78 is 4.94. The number of amides is 3. The van der Waals surface area contributed by atoms with Crippen LogP contribution < -0.4 is 10.6 Å². The molecule has 1 aliphatic carbocycles. The first-order chi connectivity index (χ1) is 11.5. The minimum absolute atomic E-state index is 0.00688. The molecule has 0 radical (unpaired) electrons. The highest BCUT2D eigenvalue weighted by Gasteiger charge is 2.19. The number of carbonyl (C=O) groups is 3. The average molecular weight is 332 g/mol. The van der Waals surface area contributed by atoms with Gasteiger partial charge in [0.25, 0.3) is 5.91 Å². The van der Waals surface area contributed by atoms with Gasteiger partial charge in [-0.25, -0.2) is 4.79 Å². The summed E-state index contributed by atoms with van der Waals surface area (Å²) in [4.78, 5) is 35.1. The molecule has 130 valence electrons. The molecule has 6 nitrogen and oxygen atoms in total. The van der Waals surface area contributed by atoms with Gasteiger partial charge in [-0.15, -0.1) is 0 Å². The summed E-state index contributed by atoms with van der Waals surface area (Å²) in [6.07, 6.45) is 4.25. The van der Waals surface area contributed by atoms with Crippen LogP contribution in [0.4, 0.5) is 4.79 Å². The van der Waals surface area contributed by atoms with Crippen LogP contribution in [0.3, 0.4) is 0 Å². The van der Waals surface area contributed by atoms with Gasteiger partial charge in [0, 0.05) is 6.04 Å². The Morgan fingerprint density at radius 2 is 1.83 bits per heavy atom. The second-order valence-corrected chi connectivity index (χ2v) is 6.18. The van der Waals surface area contributed by atoms with Crippen molar-refractivity contribution in [3.05, 3.63) is 35.9 Å². The first-order valence-electron chi connectivity index (χ1n) is 8.35. The van der Waals surface area contributed by atoms with Crippen molar-refractivity contribution in [2.24, 2.45) is 0 Å². The topological polar surface area (TPSA) is 84.5 Å². The molecule has 1 aliphatic rings. The minimum atomic E-state index is -0.619. The van der Waals surface area contributed by atoms with Gasteiger partial charge in [0.15, 0.2) is 6.61 Å². The van der Waals surface area contributed by atoms with Crippen LogP contribution in [-0.4, -0.2) is 30.6 Å². The highest BCUT2D eigenvalue weighted by Crippen LogP contribution is 2.19. The van der Waals surface area contributed by atoms with Gasteiger partial charge < -0.3 is 10.1 Å². The third-order valence-electron chi connectivity index (χ3n) is 4.15. The Hall–Kier alpha value is -2.37. The van der Waals surface area contributed by atoms with Gasteiger partial charge in [0.2, 0.25) is 0 Å². The number of rotatable bonds is 6. The lowest BCUT2D eigenvalue weighted by atomic mass is 9.98. The van der Waals surface area contributed by atoms with Crippen LogP contribution in [0.5, 0.6) is 0 Å². The molecule has 0 heterocycles. The van der Waals surface area contributed by atoms with E-state index in [0.717, 1.165) is 31.2 Å². The Kier molecular flexibility index (Phi) is 6.78. The van der Waals surface area contributed by atoms with Crippen molar-refractivity contribution in [1.29, 1.82) is 0 Å². The van der Waals surface area contributed by atoms with Crippen LogP contribution in [-0.2, 0) is 14.3 Å². The fraction of sp³-hybridized carbons (Fsp3) is 0.500. The second-order valence-electron chi connectivity index (χ2n) is 6.18. The van der Waals surface area contributed by atoms with E-state index in [1.54, 1.807) is 0 Å². The van der Waals surface area contributed by atoms with E-state index < -0.39 is 24.5 Å². The Balaban J connectivity index is 1.65. The summed E-state index contributed by atoms with van der Waals surface area (Å²) in [6, 6.07) is 9.22. The second kappa shape index (κ2) is 9.05. The molecule has 0 aliphatic heterocycles. The van der Waals surface area contributed by atoms with Crippen LogP contribution in [0.15, 0.2) is 30.3 Å². The molecule has 0 aromatic heterocycles. The highest BCUT2D eigenvalue weighted by molar-refractivity contribution is 5.95. The summed E-state index contributed by atoms with van der Waals surface area (Å²) in [5.74, 6) is -1.07. The van der Waals surface area contributed by atoms with E-state index in [0.29, 0.717) is 0 Å². The van der Waals surface area contributed by atoms with Crippen molar-refractivity contribution >= 4 is 17.9 Å². The number of hydrogen-bond acceptors (Lipinski definition) is 4. The molecule has 1 saturated carbocycles. The summed E-state index contributed by atoms with van der Waals surface area (Å²) in [5.41, 5.74) is 1.04.